The molecule has 10 heteroatoms. The van der Waals surface area contributed by atoms with E-state index in [2.05, 4.69) is 26.8 Å². The van der Waals surface area contributed by atoms with Gasteiger partial charge in [-0.1, -0.05) is 12.1 Å². The topological polar surface area (TPSA) is 127 Å². The molecule has 4 atom stereocenters. The van der Waals surface area contributed by atoms with E-state index in [4.69, 9.17) is 25.7 Å². The van der Waals surface area contributed by atoms with Gasteiger partial charge in [0.2, 0.25) is 0 Å². The third-order valence-electron chi connectivity index (χ3n) is 5.85. The summed E-state index contributed by atoms with van der Waals surface area (Å²) in [6.45, 7) is 7.30. The van der Waals surface area contributed by atoms with Gasteiger partial charge in [0.15, 0.2) is 23.5 Å². The Morgan fingerprint density at radius 2 is 1.87 bits per heavy atom. The van der Waals surface area contributed by atoms with Crippen LogP contribution < -0.4 is 16.4 Å². The fourth-order valence-corrected chi connectivity index (χ4v) is 4.48. The first kappa shape index (κ1) is 20.0. The summed E-state index contributed by atoms with van der Waals surface area (Å²) in [5.41, 5.74) is 15.0. The number of fused-ring (bicyclic) bond motifs is 2. The van der Waals surface area contributed by atoms with Crippen LogP contribution >= 0.6 is 0 Å². The van der Waals surface area contributed by atoms with Crippen molar-refractivity contribution in [1.29, 1.82) is 0 Å². The lowest BCUT2D eigenvalue weighted by atomic mass is 10.1. The van der Waals surface area contributed by atoms with E-state index in [1.165, 1.54) is 6.33 Å². The Balaban J connectivity index is 1.48. The van der Waals surface area contributed by atoms with Crippen molar-refractivity contribution in [3.05, 3.63) is 36.9 Å². The third kappa shape index (κ3) is 3.36. The number of nitrogens with zero attached hydrogens (tertiary/aromatic N) is 5. The zero-order valence-electron chi connectivity index (χ0n) is 17.8. The first-order valence-electron chi connectivity index (χ1n) is 10.4. The molecule has 4 N–H and O–H groups in total. The predicted molar refractivity (Wildman–Crippen MR) is 116 cm³/mol. The van der Waals surface area contributed by atoms with Gasteiger partial charge < -0.3 is 30.6 Å². The molecule has 0 amide bonds. The second-order valence-corrected chi connectivity index (χ2v) is 8.31. The Labute approximate surface area is 180 Å². The molecule has 164 valence electrons. The molecule has 0 saturated carbocycles. The summed E-state index contributed by atoms with van der Waals surface area (Å²) in [5, 5.41) is 0. The highest BCUT2D eigenvalue weighted by atomic mass is 16.8. The van der Waals surface area contributed by atoms with Gasteiger partial charge in [-0.3, -0.25) is 4.57 Å². The molecule has 2 aliphatic heterocycles. The van der Waals surface area contributed by atoms with Crippen LogP contribution in [0, 0.1) is 0 Å². The highest BCUT2D eigenvalue weighted by Crippen LogP contribution is 2.44. The van der Waals surface area contributed by atoms with Crippen LogP contribution in [-0.4, -0.2) is 56.7 Å². The van der Waals surface area contributed by atoms with Gasteiger partial charge in [0.25, 0.3) is 0 Å². The molecule has 2 fully saturated rings. The van der Waals surface area contributed by atoms with Crippen molar-refractivity contribution in [2.45, 2.75) is 51.1 Å². The fourth-order valence-electron chi connectivity index (χ4n) is 4.48. The molecule has 3 aromatic rings. The van der Waals surface area contributed by atoms with E-state index >= 15 is 0 Å². The lowest BCUT2D eigenvalue weighted by Gasteiger charge is -2.30. The number of likely N-dealkylation sites (N-methyl/N-ethyl adjacent to an activating group) is 1. The van der Waals surface area contributed by atoms with E-state index in [9.17, 15) is 0 Å². The summed E-state index contributed by atoms with van der Waals surface area (Å²) in [6, 6.07) is 7.83. The van der Waals surface area contributed by atoms with Gasteiger partial charge in [-0.2, -0.15) is 0 Å². The molecule has 2 saturated heterocycles. The van der Waals surface area contributed by atoms with Gasteiger partial charge in [0, 0.05) is 13.1 Å². The van der Waals surface area contributed by atoms with E-state index in [0.717, 1.165) is 17.9 Å². The number of anilines is 3. The molecule has 1 aromatic carbocycles. The van der Waals surface area contributed by atoms with Crippen LogP contribution in [0.25, 0.3) is 11.2 Å². The molecule has 0 bridgehead atoms. The van der Waals surface area contributed by atoms with Crippen molar-refractivity contribution in [3.63, 3.8) is 0 Å². The van der Waals surface area contributed by atoms with Crippen LogP contribution in [0.15, 0.2) is 36.9 Å². The number of hydrogen-bond donors (Lipinski definition) is 2. The minimum Gasteiger partial charge on any atom is -0.397 e. The van der Waals surface area contributed by atoms with Crippen LogP contribution in [-0.2, 0) is 14.2 Å². The van der Waals surface area contributed by atoms with Crippen molar-refractivity contribution < 1.29 is 14.2 Å². The Morgan fingerprint density at radius 1 is 1.10 bits per heavy atom. The molecule has 31 heavy (non-hydrogen) atoms. The number of benzene rings is 1. The first-order valence-corrected chi connectivity index (χ1v) is 10.4. The van der Waals surface area contributed by atoms with E-state index in [0.29, 0.717) is 23.5 Å². The largest absolute Gasteiger partial charge is 0.397 e. The fraction of sp³-hybridized carbons (Fsp3) is 0.476. The van der Waals surface area contributed by atoms with Crippen molar-refractivity contribution in [3.8, 4) is 0 Å². The summed E-state index contributed by atoms with van der Waals surface area (Å²) in [6.07, 6.45) is 1.82. The number of imidazole rings is 1. The average Bonchev–Trinajstić information content (AvgIpc) is 3.39. The molecule has 0 spiro atoms. The number of rotatable bonds is 5. The smallest absolute Gasteiger partial charge is 0.167 e. The third-order valence-corrected chi connectivity index (χ3v) is 5.85. The van der Waals surface area contributed by atoms with Crippen molar-refractivity contribution in [2.24, 2.45) is 0 Å². The maximum atomic E-state index is 6.50. The molecule has 2 aromatic heterocycles. The SMILES string of the molecule is CCN(C[C@H]1O[C@@H](n2cnc3c(N)ncnc32)C2OC(C)(C)O[C@@H]21)c1ccccc1N. The molecular formula is C21H27N7O3. The Kier molecular flexibility index (Phi) is 4.72. The highest BCUT2D eigenvalue weighted by molar-refractivity contribution is 5.81. The maximum Gasteiger partial charge on any atom is 0.167 e. The van der Waals surface area contributed by atoms with Crippen molar-refractivity contribution in [1.82, 2.24) is 19.5 Å². The van der Waals surface area contributed by atoms with Crippen LogP contribution in [0.5, 0.6) is 0 Å². The number of nitrogen functional groups attached to an aromatic ring is 2. The monoisotopic (exact) mass is 425 g/mol. The number of nitrogens with two attached hydrogens (primary N) is 2. The number of aromatic nitrogens is 4. The molecule has 5 rings (SSSR count). The summed E-state index contributed by atoms with van der Waals surface area (Å²) < 4.78 is 20.9. The molecule has 4 heterocycles. The van der Waals surface area contributed by atoms with E-state index in [1.54, 1.807) is 6.33 Å². The molecule has 10 nitrogen and oxygen atoms in total. The summed E-state index contributed by atoms with van der Waals surface area (Å²) >= 11 is 0. The quantitative estimate of drug-likeness (QED) is 0.590. The minimum atomic E-state index is -0.719. The van der Waals surface area contributed by atoms with E-state index in [-0.39, 0.29) is 18.3 Å². The van der Waals surface area contributed by atoms with Gasteiger partial charge in [0.05, 0.1) is 17.7 Å². The van der Waals surface area contributed by atoms with E-state index < -0.39 is 12.0 Å². The molecule has 0 aliphatic carbocycles. The van der Waals surface area contributed by atoms with Gasteiger partial charge in [-0.05, 0) is 32.9 Å². The number of hydrogen-bond acceptors (Lipinski definition) is 9. The second kappa shape index (κ2) is 7.33. The van der Waals surface area contributed by atoms with Crippen LogP contribution in [0.2, 0.25) is 0 Å². The van der Waals surface area contributed by atoms with Crippen LogP contribution in [0.3, 0.4) is 0 Å². The summed E-state index contributed by atoms with van der Waals surface area (Å²) in [5.74, 6) is -0.390. The average molecular weight is 425 g/mol. The molecule has 1 unspecified atom stereocenters. The van der Waals surface area contributed by atoms with E-state index in [1.807, 2.05) is 42.7 Å². The Hall–Kier alpha value is -2.95. The molecule has 0 radical (unpaired) electrons. The highest BCUT2D eigenvalue weighted by Gasteiger charge is 2.56. The first-order chi connectivity index (χ1) is 14.9. The minimum absolute atomic E-state index is 0.243. The van der Waals surface area contributed by atoms with Crippen LogP contribution in [0.4, 0.5) is 17.2 Å². The lowest BCUT2D eigenvalue weighted by molar-refractivity contribution is -0.195. The zero-order valence-corrected chi connectivity index (χ0v) is 17.8. The summed E-state index contributed by atoms with van der Waals surface area (Å²) in [4.78, 5) is 15.0. The van der Waals surface area contributed by atoms with Gasteiger partial charge in [-0.25, -0.2) is 15.0 Å². The number of ether oxygens (including phenoxy) is 3. The van der Waals surface area contributed by atoms with Crippen LogP contribution in [0.1, 0.15) is 27.0 Å². The second-order valence-electron chi connectivity index (χ2n) is 8.31. The maximum absolute atomic E-state index is 6.50. The summed E-state index contributed by atoms with van der Waals surface area (Å²) in [7, 11) is 0. The Morgan fingerprint density at radius 3 is 2.65 bits per heavy atom. The molecular weight excluding hydrogens is 398 g/mol. The standard InChI is InChI=1S/C21H27N7O3/c1-4-27(13-8-6-5-7-12(13)22)9-14-16-17(31-21(2,3)30-16)20(29-14)28-11-26-15-18(23)24-10-25-19(15)28/h5-8,10-11,14,16-17,20H,4,9,22H2,1-3H3,(H2,23,24,25)/t14-,16-,17?,20-/m1/s1. The zero-order chi connectivity index (χ0) is 21.8. The van der Waals surface area contributed by atoms with Crippen molar-refractivity contribution in [2.75, 3.05) is 29.5 Å². The molecule has 2 aliphatic rings. The normalized spacial score (nSPS) is 26.9. The lowest BCUT2D eigenvalue weighted by Crippen LogP contribution is -2.40. The Bertz CT molecular complexity index is 1100. The predicted octanol–water partition coefficient (Wildman–Crippen LogP) is 1.93. The van der Waals surface area contributed by atoms with Crippen molar-refractivity contribution >= 4 is 28.4 Å². The number of para-hydroxylation sites is 2. The van der Waals surface area contributed by atoms with Gasteiger partial charge in [-0.15, -0.1) is 0 Å². The van der Waals surface area contributed by atoms with Gasteiger partial charge in [0.1, 0.15) is 30.2 Å². The van der Waals surface area contributed by atoms with Gasteiger partial charge >= 0.3 is 0 Å².